The standard InChI is InChI=1S/C15H12FNS/c1-11-3-9-14(10-4-11)18-15(17-2)12-5-7-13(16)8-6-12/h3-10,15H,1H3/t15-/m1/s1. The van der Waals surface area contributed by atoms with Crippen LogP contribution in [0.2, 0.25) is 0 Å². The number of hydrogen-bond acceptors (Lipinski definition) is 1. The second-order valence-corrected chi connectivity index (χ2v) is 5.12. The highest BCUT2D eigenvalue weighted by atomic mass is 32.2. The molecule has 18 heavy (non-hydrogen) atoms. The Morgan fingerprint density at radius 1 is 1.06 bits per heavy atom. The van der Waals surface area contributed by atoms with Crippen molar-refractivity contribution in [3.05, 3.63) is 76.9 Å². The minimum atomic E-state index is -0.326. The van der Waals surface area contributed by atoms with Crippen molar-refractivity contribution < 1.29 is 4.39 Å². The molecule has 1 atom stereocenters. The summed E-state index contributed by atoms with van der Waals surface area (Å²) in [7, 11) is 0. The van der Waals surface area contributed by atoms with E-state index in [-0.39, 0.29) is 11.2 Å². The maximum atomic E-state index is 12.8. The van der Waals surface area contributed by atoms with Crippen molar-refractivity contribution in [1.82, 2.24) is 0 Å². The van der Waals surface area contributed by atoms with Gasteiger partial charge in [0, 0.05) is 10.5 Å². The van der Waals surface area contributed by atoms with Crippen LogP contribution < -0.4 is 0 Å². The summed E-state index contributed by atoms with van der Waals surface area (Å²) in [6.45, 7) is 9.28. The fourth-order valence-corrected chi connectivity index (χ4v) is 2.44. The summed E-state index contributed by atoms with van der Waals surface area (Å²) in [5.74, 6) is -0.275. The molecule has 0 fully saturated rings. The molecule has 0 saturated heterocycles. The topological polar surface area (TPSA) is 4.36 Å². The highest BCUT2D eigenvalue weighted by molar-refractivity contribution is 7.99. The van der Waals surface area contributed by atoms with E-state index in [1.807, 2.05) is 31.2 Å². The molecule has 0 spiro atoms. The summed E-state index contributed by atoms with van der Waals surface area (Å²) in [5, 5.41) is -0.326. The van der Waals surface area contributed by atoms with E-state index in [0.29, 0.717) is 0 Å². The maximum absolute atomic E-state index is 12.8. The molecule has 0 radical (unpaired) electrons. The van der Waals surface area contributed by atoms with Crippen molar-refractivity contribution in [2.24, 2.45) is 0 Å². The molecule has 2 aromatic rings. The Balaban J connectivity index is 2.17. The van der Waals surface area contributed by atoms with Crippen molar-refractivity contribution in [2.75, 3.05) is 0 Å². The number of hydrogen-bond donors (Lipinski definition) is 0. The molecule has 0 aliphatic heterocycles. The van der Waals surface area contributed by atoms with Gasteiger partial charge < -0.3 is 0 Å². The lowest BCUT2D eigenvalue weighted by molar-refractivity contribution is 0.627. The van der Waals surface area contributed by atoms with Gasteiger partial charge in [-0.15, -0.1) is 0 Å². The Bertz CT molecular complexity index is 555. The van der Waals surface area contributed by atoms with Gasteiger partial charge in [0.15, 0.2) is 0 Å². The molecule has 3 heteroatoms. The Morgan fingerprint density at radius 2 is 1.67 bits per heavy atom. The van der Waals surface area contributed by atoms with Gasteiger partial charge >= 0.3 is 0 Å². The molecule has 2 aromatic carbocycles. The molecule has 90 valence electrons. The summed E-state index contributed by atoms with van der Waals surface area (Å²) < 4.78 is 12.8. The quantitative estimate of drug-likeness (QED) is 0.562. The average molecular weight is 257 g/mol. The van der Waals surface area contributed by atoms with E-state index in [9.17, 15) is 4.39 Å². The van der Waals surface area contributed by atoms with E-state index in [4.69, 9.17) is 6.57 Å². The van der Waals surface area contributed by atoms with Crippen molar-refractivity contribution in [2.45, 2.75) is 17.2 Å². The Kier molecular flexibility index (Phi) is 4.01. The van der Waals surface area contributed by atoms with Crippen molar-refractivity contribution >= 4 is 11.8 Å². The number of benzene rings is 2. The van der Waals surface area contributed by atoms with Gasteiger partial charge in [0.1, 0.15) is 5.82 Å². The molecule has 0 saturated carbocycles. The summed E-state index contributed by atoms with van der Waals surface area (Å²) in [6, 6.07) is 14.2. The number of aryl methyl sites for hydroxylation is 1. The summed E-state index contributed by atoms with van der Waals surface area (Å²) >= 11 is 1.48. The third-order valence-electron chi connectivity index (χ3n) is 2.54. The minimum absolute atomic E-state index is 0.275. The van der Waals surface area contributed by atoms with Crippen LogP contribution in [0.1, 0.15) is 16.5 Å². The molecule has 2 rings (SSSR count). The van der Waals surface area contributed by atoms with Gasteiger partial charge in [0.25, 0.3) is 5.37 Å². The molecule has 0 aromatic heterocycles. The first-order chi connectivity index (χ1) is 8.69. The van der Waals surface area contributed by atoms with Crippen molar-refractivity contribution in [1.29, 1.82) is 0 Å². The van der Waals surface area contributed by atoms with Gasteiger partial charge in [-0.05, 0) is 55.1 Å². The molecule has 0 N–H and O–H groups in total. The lowest BCUT2D eigenvalue weighted by Gasteiger charge is -2.06. The van der Waals surface area contributed by atoms with Crippen LogP contribution in [0.25, 0.3) is 4.85 Å². The lowest BCUT2D eigenvalue weighted by atomic mass is 10.2. The molecule has 0 unspecified atom stereocenters. The van der Waals surface area contributed by atoms with Crippen molar-refractivity contribution in [3.63, 3.8) is 0 Å². The van der Waals surface area contributed by atoms with Crippen LogP contribution in [-0.4, -0.2) is 0 Å². The van der Waals surface area contributed by atoms with E-state index in [1.165, 1.54) is 29.5 Å². The highest BCUT2D eigenvalue weighted by Gasteiger charge is 2.17. The lowest BCUT2D eigenvalue weighted by Crippen LogP contribution is -1.88. The molecule has 0 aliphatic rings. The summed E-state index contributed by atoms with van der Waals surface area (Å²) in [5.41, 5.74) is 2.03. The van der Waals surface area contributed by atoms with E-state index < -0.39 is 0 Å². The Labute approximate surface area is 110 Å². The van der Waals surface area contributed by atoms with Crippen LogP contribution in [0, 0.1) is 19.3 Å². The fraction of sp³-hybridized carbons (Fsp3) is 0.133. The van der Waals surface area contributed by atoms with Gasteiger partial charge in [-0.1, -0.05) is 17.7 Å². The van der Waals surface area contributed by atoms with Crippen LogP contribution in [0.15, 0.2) is 53.4 Å². The third kappa shape index (κ3) is 3.12. The number of thioether (sulfide) groups is 1. The molecule has 0 heterocycles. The second kappa shape index (κ2) is 5.70. The van der Waals surface area contributed by atoms with Crippen LogP contribution in [0.4, 0.5) is 4.39 Å². The fourth-order valence-electron chi connectivity index (χ4n) is 1.54. The van der Waals surface area contributed by atoms with Gasteiger partial charge in [0.2, 0.25) is 0 Å². The van der Waals surface area contributed by atoms with E-state index in [2.05, 4.69) is 4.85 Å². The average Bonchev–Trinajstić information content (AvgIpc) is 2.39. The molecule has 0 amide bonds. The molecular formula is C15H12FNS. The first kappa shape index (κ1) is 12.7. The first-order valence-electron chi connectivity index (χ1n) is 5.54. The Hall–Kier alpha value is -1.79. The zero-order valence-corrected chi connectivity index (χ0v) is 10.7. The largest absolute Gasteiger partial charge is 0.298 e. The van der Waals surface area contributed by atoms with Crippen LogP contribution in [0.5, 0.6) is 0 Å². The van der Waals surface area contributed by atoms with Gasteiger partial charge in [-0.3, -0.25) is 4.85 Å². The minimum Gasteiger partial charge on any atom is -0.296 e. The number of halogens is 1. The van der Waals surface area contributed by atoms with E-state index in [1.54, 1.807) is 12.1 Å². The first-order valence-corrected chi connectivity index (χ1v) is 6.42. The maximum Gasteiger partial charge on any atom is 0.298 e. The highest BCUT2D eigenvalue weighted by Crippen LogP contribution is 2.36. The zero-order valence-electron chi connectivity index (χ0n) is 9.93. The second-order valence-electron chi connectivity index (χ2n) is 3.96. The van der Waals surface area contributed by atoms with Crippen molar-refractivity contribution in [3.8, 4) is 0 Å². The number of nitrogens with zero attached hydrogens (tertiary/aromatic N) is 1. The summed E-state index contributed by atoms with van der Waals surface area (Å²) in [4.78, 5) is 4.64. The predicted octanol–water partition coefficient (Wildman–Crippen LogP) is 4.84. The van der Waals surface area contributed by atoms with Crippen LogP contribution in [-0.2, 0) is 0 Å². The van der Waals surface area contributed by atoms with Gasteiger partial charge in [-0.2, -0.15) is 0 Å². The van der Waals surface area contributed by atoms with Crippen LogP contribution in [0.3, 0.4) is 0 Å². The smallest absolute Gasteiger partial charge is 0.296 e. The summed E-state index contributed by atoms with van der Waals surface area (Å²) in [6.07, 6.45) is 0. The monoisotopic (exact) mass is 257 g/mol. The van der Waals surface area contributed by atoms with Crippen LogP contribution >= 0.6 is 11.8 Å². The molecule has 1 nitrogen and oxygen atoms in total. The Morgan fingerprint density at radius 3 is 2.22 bits per heavy atom. The number of rotatable bonds is 3. The SMILES string of the molecule is [C-]#[N+][C@H](Sc1ccc(C)cc1)c1ccc(F)cc1. The van der Waals surface area contributed by atoms with E-state index in [0.717, 1.165) is 10.5 Å². The normalized spacial score (nSPS) is 11.8. The zero-order chi connectivity index (χ0) is 13.0. The molecule has 0 aliphatic carbocycles. The molecule has 0 bridgehead atoms. The third-order valence-corrected chi connectivity index (χ3v) is 3.69. The molecular weight excluding hydrogens is 245 g/mol. The van der Waals surface area contributed by atoms with Gasteiger partial charge in [-0.25, -0.2) is 11.0 Å². The van der Waals surface area contributed by atoms with Gasteiger partial charge in [0.05, 0.1) is 0 Å². The van der Waals surface area contributed by atoms with E-state index >= 15 is 0 Å². The predicted molar refractivity (Wildman–Crippen MR) is 72.8 cm³/mol.